The maximum Gasteiger partial charge on any atom is 0.319 e. The lowest BCUT2D eigenvalue weighted by atomic mass is 10.2. The Morgan fingerprint density at radius 3 is 2.80 bits per heavy atom. The molecule has 0 rings (SSSR count). The normalized spacial score (nSPS) is 13.0. The predicted molar refractivity (Wildman–Crippen MR) is 40.9 cm³/mol. The minimum atomic E-state index is -1.08. The summed E-state index contributed by atoms with van der Waals surface area (Å²) in [4.78, 5) is 10.2. The van der Waals surface area contributed by atoms with Gasteiger partial charge in [-0.2, -0.15) is 11.8 Å². The van der Waals surface area contributed by atoms with Crippen LogP contribution in [-0.4, -0.2) is 29.1 Å². The zero-order chi connectivity index (χ0) is 7.98. The fourth-order valence-corrected chi connectivity index (χ4v) is 0.940. The van der Waals surface area contributed by atoms with Crippen LogP contribution >= 0.6 is 11.8 Å². The lowest BCUT2D eigenvalue weighted by molar-refractivity contribution is -0.139. The minimum absolute atomic E-state index is 0.375. The molecule has 0 aliphatic carbocycles. The van der Waals surface area contributed by atoms with Gasteiger partial charge >= 0.3 is 5.97 Å². The molecule has 0 saturated heterocycles. The molecule has 10 heavy (non-hydrogen) atoms. The summed E-state index contributed by atoms with van der Waals surface area (Å²) in [5, 5.41) is 18.3. The zero-order valence-corrected chi connectivity index (χ0v) is 6.48. The second kappa shape index (κ2) is 5.52. The average Bonchev–Trinajstić information content (AvgIpc) is 1.89. The topological polar surface area (TPSA) is 72.4 Å². The highest BCUT2D eigenvalue weighted by Crippen LogP contribution is 1.99. The number of carbonyl (C=O) groups is 1. The molecular formula is C5H10NO3S-. The van der Waals surface area contributed by atoms with Gasteiger partial charge in [-0.25, -0.2) is 0 Å². The summed E-state index contributed by atoms with van der Waals surface area (Å²) in [7, 11) is 0. The molecule has 1 atom stereocenters. The SMILES string of the molecule is CSCCC(N[O-])C(=O)O. The number of hydrogen-bond donors (Lipinski definition) is 2. The van der Waals surface area contributed by atoms with Crippen molar-refractivity contribution in [1.82, 2.24) is 5.48 Å². The van der Waals surface area contributed by atoms with Crippen molar-refractivity contribution >= 4 is 17.7 Å². The van der Waals surface area contributed by atoms with Gasteiger partial charge in [-0.1, -0.05) is 0 Å². The molecular weight excluding hydrogens is 154 g/mol. The maximum atomic E-state index is 10.2. The van der Waals surface area contributed by atoms with Crippen LogP contribution in [0.2, 0.25) is 0 Å². The van der Waals surface area contributed by atoms with Gasteiger partial charge < -0.3 is 15.8 Å². The van der Waals surface area contributed by atoms with Gasteiger partial charge in [0.05, 0.1) is 6.04 Å². The number of thioether (sulfide) groups is 1. The van der Waals surface area contributed by atoms with E-state index in [1.165, 1.54) is 17.2 Å². The summed E-state index contributed by atoms with van der Waals surface area (Å²) >= 11 is 1.52. The summed E-state index contributed by atoms with van der Waals surface area (Å²) in [6.45, 7) is 0. The molecule has 0 fully saturated rings. The third-order valence-corrected chi connectivity index (χ3v) is 1.69. The van der Waals surface area contributed by atoms with Gasteiger partial charge in [-0.05, 0) is 18.4 Å². The number of carboxylic acids is 1. The van der Waals surface area contributed by atoms with Crippen LogP contribution in [0.25, 0.3) is 0 Å². The summed E-state index contributed by atoms with van der Waals surface area (Å²) in [5.74, 6) is -0.393. The lowest BCUT2D eigenvalue weighted by Crippen LogP contribution is -2.33. The lowest BCUT2D eigenvalue weighted by Gasteiger charge is -2.16. The Balaban J connectivity index is 3.50. The zero-order valence-electron chi connectivity index (χ0n) is 5.66. The highest BCUT2D eigenvalue weighted by Gasteiger charge is 2.10. The number of hydrogen-bond acceptors (Lipinski definition) is 4. The number of aliphatic carboxylic acids is 1. The molecule has 0 aromatic carbocycles. The predicted octanol–water partition coefficient (Wildman–Crippen LogP) is 0.280. The third kappa shape index (κ3) is 3.71. The van der Waals surface area contributed by atoms with E-state index in [1.807, 2.05) is 6.26 Å². The highest BCUT2D eigenvalue weighted by atomic mass is 32.2. The summed E-state index contributed by atoms with van der Waals surface area (Å²) in [6, 6.07) is -0.938. The summed E-state index contributed by atoms with van der Waals surface area (Å²) < 4.78 is 0. The smallest absolute Gasteiger partial charge is 0.319 e. The van der Waals surface area contributed by atoms with Crippen molar-refractivity contribution in [3.05, 3.63) is 5.21 Å². The van der Waals surface area contributed by atoms with Gasteiger partial charge in [0.15, 0.2) is 0 Å². The first-order chi connectivity index (χ1) is 4.72. The van der Waals surface area contributed by atoms with Crippen molar-refractivity contribution in [3.63, 3.8) is 0 Å². The molecule has 0 bridgehead atoms. The maximum absolute atomic E-state index is 10.2. The van der Waals surface area contributed by atoms with E-state index in [-0.39, 0.29) is 0 Å². The molecule has 0 aliphatic heterocycles. The molecule has 0 aliphatic rings. The number of rotatable bonds is 5. The third-order valence-electron chi connectivity index (χ3n) is 1.05. The molecule has 2 N–H and O–H groups in total. The molecule has 0 saturated carbocycles. The summed E-state index contributed by atoms with van der Waals surface area (Å²) in [6.07, 6.45) is 2.24. The molecule has 0 spiro atoms. The minimum Gasteiger partial charge on any atom is -0.787 e. The van der Waals surface area contributed by atoms with Crippen LogP contribution in [0.4, 0.5) is 0 Å². The van der Waals surface area contributed by atoms with Gasteiger partial charge in [0.25, 0.3) is 0 Å². The van der Waals surface area contributed by atoms with Crippen LogP contribution in [0, 0.1) is 5.21 Å². The molecule has 60 valence electrons. The van der Waals surface area contributed by atoms with Gasteiger partial charge in [0, 0.05) is 0 Å². The van der Waals surface area contributed by atoms with E-state index in [4.69, 9.17) is 5.11 Å². The van der Waals surface area contributed by atoms with Crippen LogP contribution in [0.1, 0.15) is 6.42 Å². The average molecular weight is 164 g/mol. The van der Waals surface area contributed by atoms with Gasteiger partial charge in [0.2, 0.25) is 0 Å². The van der Waals surface area contributed by atoms with Crippen molar-refractivity contribution in [1.29, 1.82) is 0 Å². The van der Waals surface area contributed by atoms with E-state index < -0.39 is 12.0 Å². The Morgan fingerprint density at radius 1 is 1.90 bits per heavy atom. The van der Waals surface area contributed by atoms with Crippen molar-refractivity contribution in [2.75, 3.05) is 12.0 Å². The van der Waals surface area contributed by atoms with E-state index in [1.54, 1.807) is 0 Å². The standard InChI is InChI=1S/C5H10NO3S/c1-10-3-2-4(6-9)5(7)8/h4,6H,2-3H2,1H3,(H,7,8)/q-1. The first kappa shape index (κ1) is 9.74. The van der Waals surface area contributed by atoms with Crippen molar-refractivity contribution in [3.8, 4) is 0 Å². The van der Waals surface area contributed by atoms with Crippen molar-refractivity contribution in [2.45, 2.75) is 12.5 Å². The van der Waals surface area contributed by atoms with Gasteiger partial charge in [-0.3, -0.25) is 4.79 Å². The van der Waals surface area contributed by atoms with E-state index >= 15 is 0 Å². The van der Waals surface area contributed by atoms with Crippen molar-refractivity contribution < 1.29 is 9.90 Å². The second-order valence-electron chi connectivity index (χ2n) is 1.79. The van der Waals surface area contributed by atoms with E-state index in [0.717, 1.165) is 0 Å². The number of hydroxylamine groups is 1. The van der Waals surface area contributed by atoms with E-state index in [2.05, 4.69) is 0 Å². The number of nitrogens with one attached hydrogen (secondary N) is 1. The van der Waals surface area contributed by atoms with Crippen LogP contribution < -0.4 is 5.48 Å². The first-order valence-electron chi connectivity index (χ1n) is 2.81. The van der Waals surface area contributed by atoms with E-state index in [0.29, 0.717) is 12.2 Å². The van der Waals surface area contributed by atoms with Gasteiger partial charge in [-0.15, -0.1) is 0 Å². The monoisotopic (exact) mass is 164 g/mol. The Kier molecular flexibility index (Phi) is 5.38. The molecule has 0 aromatic rings. The van der Waals surface area contributed by atoms with Crippen molar-refractivity contribution in [2.24, 2.45) is 0 Å². The van der Waals surface area contributed by atoms with Crippen LogP contribution in [0.3, 0.4) is 0 Å². The fourth-order valence-electron chi connectivity index (χ4n) is 0.469. The Bertz CT molecular complexity index is 109. The van der Waals surface area contributed by atoms with Crippen LogP contribution in [0.15, 0.2) is 0 Å². The Morgan fingerprint density at radius 2 is 2.50 bits per heavy atom. The first-order valence-corrected chi connectivity index (χ1v) is 4.21. The van der Waals surface area contributed by atoms with E-state index in [9.17, 15) is 10.0 Å². The largest absolute Gasteiger partial charge is 0.787 e. The fraction of sp³-hybridized carbons (Fsp3) is 0.800. The highest BCUT2D eigenvalue weighted by molar-refractivity contribution is 7.98. The second-order valence-corrected chi connectivity index (χ2v) is 2.78. The molecule has 0 aromatic heterocycles. The van der Waals surface area contributed by atoms with Crippen LogP contribution in [-0.2, 0) is 4.79 Å². The quantitative estimate of drug-likeness (QED) is 0.571. The molecule has 0 radical (unpaired) electrons. The molecule has 1 unspecified atom stereocenters. The van der Waals surface area contributed by atoms with Crippen LogP contribution in [0.5, 0.6) is 0 Å². The molecule has 0 heterocycles. The Labute approximate surface area is 63.6 Å². The number of carboxylic acid groups (broad SMARTS) is 1. The van der Waals surface area contributed by atoms with Gasteiger partial charge in [0.1, 0.15) is 0 Å². The Hall–Kier alpha value is -0.260. The molecule has 4 nitrogen and oxygen atoms in total. The molecule has 0 amide bonds. The molecule has 5 heteroatoms. The summed E-state index contributed by atoms with van der Waals surface area (Å²) in [5.41, 5.74) is 1.47.